The Morgan fingerprint density at radius 1 is 1.54 bits per heavy atom. The van der Waals surface area contributed by atoms with Crippen LogP contribution in [0.1, 0.15) is 31.2 Å². The molecule has 1 aliphatic rings. The van der Waals surface area contributed by atoms with Gasteiger partial charge in [0, 0.05) is 6.54 Å². The van der Waals surface area contributed by atoms with Crippen LogP contribution in [0.25, 0.3) is 0 Å². The molecule has 0 bridgehead atoms. The molecule has 0 saturated heterocycles. The van der Waals surface area contributed by atoms with Crippen molar-refractivity contribution in [1.82, 2.24) is 15.0 Å². The summed E-state index contributed by atoms with van der Waals surface area (Å²) in [5.74, 6) is 0. The Bertz CT molecular complexity index is 282. The number of rotatable bonds is 2. The fourth-order valence-corrected chi connectivity index (χ4v) is 1.99. The topological polar surface area (TPSA) is 30.7 Å². The molecule has 1 aromatic rings. The van der Waals surface area contributed by atoms with Crippen LogP contribution in [-0.2, 0) is 19.3 Å². The molecule has 0 aliphatic carbocycles. The molecule has 0 atom stereocenters. The molecule has 1 aromatic heterocycles. The highest BCUT2D eigenvalue weighted by Crippen LogP contribution is 2.14. The zero-order valence-corrected chi connectivity index (χ0v) is 8.29. The van der Waals surface area contributed by atoms with Crippen molar-refractivity contribution in [1.29, 1.82) is 0 Å². The third-order valence-corrected chi connectivity index (χ3v) is 2.68. The summed E-state index contributed by atoms with van der Waals surface area (Å²) in [6.07, 6.45) is 6.11. The summed E-state index contributed by atoms with van der Waals surface area (Å²) < 4.78 is 2.10. The molecule has 0 spiro atoms. The van der Waals surface area contributed by atoms with Crippen molar-refractivity contribution in [3.63, 3.8) is 0 Å². The molecule has 13 heavy (non-hydrogen) atoms. The monoisotopic (exact) mass is 177 g/mol. The quantitative estimate of drug-likeness (QED) is 0.630. The van der Waals surface area contributed by atoms with Crippen LogP contribution in [0.15, 0.2) is 0 Å². The van der Waals surface area contributed by atoms with Gasteiger partial charge >= 0.3 is 0 Å². The summed E-state index contributed by atoms with van der Waals surface area (Å²) in [7, 11) is 1.31. The van der Waals surface area contributed by atoms with Gasteiger partial charge in [0.05, 0.1) is 11.4 Å². The Morgan fingerprint density at radius 2 is 2.46 bits per heavy atom. The summed E-state index contributed by atoms with van der Waals surface area (Å²) >= 11 is 0. The average Bonchev–Trinajstić information content (AvgIpc) is 2.38. The molecule has 4 heteroatoms. The van der Waals surface area contributed by atoms with E-state index in [1.807, 2.05) is 0 Å². The van der Waals surface area contributed by atoms with Gasteiger partial charge in [-0.25, -0.2) is 4.68 Å². The fourth-order valence-electron chi connectivity index (χ4n) is 1.99. The first kappa shape index (κ1) is 8.79. The first-order chi connectivity index (χ1) is 6.42. The molecule has 0 fully saturated rings. The van der Waals surface area contributed by atoms with E-state index in [-0.39, 0.29) is 0 Å². The highest BCUT2D eigenvalue weighted by atomic mass is 15.4. The Kier molecular flexibility index (Phi) is 2.66. The second-order valence-electron chi connectivity index (χ2n) is 3.77. The standard InChI is InChI=1S/C9H16BN3/c1-2-6-13-9-7-10-5-3-4-8(9)11-12-13/h10H,2-7H2,1H3. The summed E-state index contributed by atoms with van der Waals surface area (Å²) in [6.45, 7) is 3.22. The first-order valence-corrected chi connectivity index (χ1v) is 5.33. The molecule has 2 heterocycles. The summed E-state index contributed by atoms with van der Waals surface area (Å²) in [4.78, 5) is 0. The highest BCUT2D eigenvalue weighted by molar-refractivity contribution is 6.34. The maximum Gasteiger partial charge on any atom is 0.127 e. The lowest BCUT2D eigenvalue weighted by atomic mass is 9.70. The summed E-state index contributed by atoms with van der Waals surface area (Å²) in [5.41, 5.74) is 2.66. The molecule has 2 rings (SSSR count). The number of fused-ring (bicyclic) bond motifs is 1. The van der Waals surface area contributed by atoms with E-state index < -0.39 is 0 Å². The van der Waals surface area contributed by atoms with Crippen molar-refractivity contribution < 1.29 is 0 Å². The van der Waals surface area contributed by atoms with E-state index in [0.29, 0.717) is 0 Å². The molecule has 1 aliphatic heterocycles. The van der Waals surface area contributed by atoms with Crippen LogP contribution in [0, 0.1) is 0 Å². The van der Waals surface area contributed by atoms with Gasteiger partial charge < -0.3 is 0 Å². The molecule has 3 nitrogen and oxygen atoms in total. The third-order valence-electron chi connectivity index (χ3n) is 2.68. The second-order valence-corrected chi connectivity index (χ2v) is 3.77. The summed E-state index contributed by atoms with van der Waals surface area (Å²) in [6, 6.07) is 0. The van der Waals surface area contributed by atoms with Crippen LogP contribution in [-0.4, -0.2) is 22.3 Å². The van der Waals surface area contributed by atoms with Crippen molar-refractivity contribution in [2.45, 2.75) is 45.4 Å². The zero-order valence-electron chi connectivity index (χ0n) is 8.29. The molecular formula is C9H16BN3. The van der Waals surface area contributed by atoms with Gasteiger partial charge in [-0.15, -0.1) is 5.10 Å². The number of aromatic nitrogens is 3. The van der Waals surface area contributed by atoms with Crippen molar-refractivity contribution >= 4 is 7.28 Å². The number of nitrogens with zero attached hydrogens (tertiary/aromatic N) is 3. The Morgan fingerprint density at radius 3 is 3.31 bits per heavy atom. The molecule has 0 aromatic carbocycles. The van der Waals surface area contributed by atoms with Crippen molar-refractivity contribution in [3.05, 3.63) is 11.4 Å². The van der Waals surface area contributed by atoms with E-state index in [9.17, 15) is 0 Å². The van der Waals surface area contributed by atoms with Gasteiger partial charge in [-0.05, 0) is 19.2 Å². The molecule has 70 valence electrons. The zero-order chi connectivity index (χ0) is 9.10. The van der Waals surface area contributed by atoms with Crippen LogP contribution >= 0.6 is 0 Å². The van der Waals surface area contributed by atoms with E-state index in [4.69, 9.17) is 0 Å². The van der Waals surface area contributed by atoms with Gasteiger partial charge in [0.1, 0.15) is 7.28 Å². The van der Waals surface area contributed by atoms with Crippen molar-refractivity contribution in [3.8, 4) is 0 Å². The Balaban J connectivity index is 2.23. The van der Waals surface area contributed by atoms with E-state index >= 15 is 0 Å². The maximum atomic E-state index is 4.25. The normalized spacial score (nSPS) is 16.1. The Hall–Kier alpha value is -0.795. The van der Waals surface area contributed by atoms with Gasteiger partial charge in [-0.2, -0.15) is 0 Å². The SMILES string of the molecule is CCCn1nnc2c1CBCCC2. The molecule has 0 unspecified atom stereocenters. The Labute approximate surface area is 79.8 Å². The van der Waals surface area contributed by atoms with E-state index in [1.165, 1.54) is 37.7 Å². The van der Waals surface area contributed by atoms with Crippen molar-refractivity contribution in [2.24, 2.45) is 0 Å². The van der Waals surface area contributed by atoms with E-state index in [1.54, 1.807) is 0 Å². The molecular weight excluding hydrogens is 161 g/mol. The predicted molar refractivity (Wildman–Crippen MR) is 54.3 cm³/mol. The lowest BCUT2D eigenvalue weighted by Gasteiger charge is -2.02. The smallest absolute Gasteiger partial charge is 0.127 e. The first-order valence-electron chi connectivity index (χ1n) is 5.33. The second kappa shape index (κ2) is 3.94. The van der Waals surface area contributed by atoms with Crippen LogP contribution in [0.2, 0.25) is 6.32 Å². The minimum atomic E-state index is 1.03. The molecule has 0 N–H and O–H groups in total. The molecule has 0 amide bonds. The third kappa shape index (κ3) is 1.76. The highest BCUT2D eigenvalue weighted by Gasteiger charge is 2.15. The lowest BCUT2D eigenvalue weighted by molar-refractivity contribution is 0.563. The van der Waals surface area contributed by atoms with E-state index in [0.717, 1.165) is 19.4 Å². The number of hydrogen-bond acceptors (Lipinski definition) is 2. The largest absolute Gasteiger partial charge is 0.250 e. The average molecular weight is 177 g/mol. The number of aryl methyl sites for hydroxylation is 2. The fraction of sp³-hybridized carbons (Fsp3) is 0.778. The molecule has 0 radical (unpaired) electrons. The lowest BCUT2D eigenvalue weighted by Crippen LogP contribution is -2.07. The minimum absolute atomic E-state index is 1.03. The van der Waals surface area contributed by atoms with Gasteiger partial charge in [0.2, 0.25) is 0 Å². The van der Waals surface area contributed by atoms with Crippen LogP contribution in [0.4, 0.5) is 0 Å². The number of hydrogen-bond donors (Lipinski definition) is 0. The van der Waals surface area contributed by atoms with Gasteiger partial charge in [-0.3, -0.25) is 0 Å². The van der Waals surface area contributed by atoms with Crippen LogP contribution < -0.4 is 0 Å². The summed E-state index contributed by atoms with van der Waals surface area (Å²) in [5, 5.41) is 8.44. The molecule has 0 saturated carbocycles. The van der Waals surface area contributed by atoms with Gasteiger partial charge in [-0.1, -0.05) is 24.9 Å². The van der Waals surface area contributed by atoms with E-state index in [2.05, 4.69) is 21.9 Å². The van der Waals surface area contributed by atoms with Gasteiger partial charge in [0.25, 0.3) is 0 Å². The minimum Gasteiger partial charge on any atom is -0.250 e. The maximum absolute atomic E-state index is 4.25. The van der Waals surface area contributed by atoms with Crippen LogP contribution in [0.5, 0.6) is 0 Å². The predicted octanol–water partition coefficient (Wildman–Crippen LogP) is 0.989. The van der Waals surface area contributed by atoms with Gasteiger partial charge in [0.15, 0.2) is 0 Å². The van der Waals surface area contributed by atoms with Crippen molar-refractivity contribution in [2.75, 3.05) is 0 Å². The van der Waals surface area contributed by atoms with Crippen LogP contribution in [0.3, 0.4) is 0 Å².